The lowest BCUT2D eigenvalue weighted by Crippen LogP contribution is -2.28. The summed E-state index contributed by atoms with van der Waals surface area (Å²) in [6.45, 7) is 3.89. The summed E-state index contributed by atoms with van der Waals surface area (Å²) in [5.41, 5.74) is 0. The highest BCUT2D eigenvalue weighted by molar-refractivity contribution is 5.70. The van der Waals surface area contributed by atoms with Crippen LogP contribution in [0.4, 0.5) is 0 Å². The highest BCUT2D eigenvalue weighted by atomic mass is 16.6. The second-order valence-corrected chi connectivity index (χ2v) is 22.5. The SMILES string of the molecule is CC/C=C\C/C=C\C/C=C\C/C=C\C/C=C\C/C=C\C/C=C\C/C=C\C/C=C\CCCCCCCCCCCCCC(=O)OC(CO)COC(=O)CCCCCCCCC/C=C\C/C=C\C/C=C\C/C=C\C/C=C\C/C=C\C/C=C\C/C=C\C/C=C\CC. The summed E-state index contributed by atoms with van der Waals surface area (Å²) in [6, 6.07) is 0. The van der Waals surface area contributed by atoms with Gasteiger partial charge in [-0.2, -0.15) is 0 Å². The van der Waals surface area contributed by atoms with Crippen molar-refractivity contribution in [2.75, 3.05) is 13.2 Å². The maximum Gasteiger partial charge on any atom is 0.306 e. The largest absolute Gasteiger partial charge is 0.462 e. The molecule has 0 rings (SSSR count). The first kappa shape index (κ1) is 82.2. The van der Waals surface area contributed by atoms with Gasteiger partial charge in [0.15, 0.2) is 6.10 Å². The molecule has 0 fully saturated rings. The maximum atomic E-state index is 12.4. The van der Waals surface area contributed by atoms with Gasteiger partial charge in [0.05, 0.1) is 6.61 Å². The van der Waals surface area contributed by atoms with Crippen molar-refractivity contribution in [3.63, 3.8) is 0 Å². The minimum absolute atomic E-state index is 0.0862. The summed E-state index contributed by atoms with van der Waals surface area (Å²) in [5, 5.41) is 9.71. The Hall–Kier alpha value is -5.78. The van der Waals surface area contributed by atoms with Gasteiger partial charge >= 0.3 is 11.9 Å². The van der Waals surface area contributed by atoms with E-state index < -0.39 is 6.10 Å². The van der Waals surface area contributed by atoms with Crippen LogP contribution in [0.2, 0.25) is 0 Å². The fraction of sp³-hybridized carbons (Fsp3) is 0.542. The Morgan fingerprint density at radius 2 is 0.455 bits per heavy atom. The van der Waals surface area contributed by atoms with E-state index in [0.717, 1.165) is 161 Å². The summed E-state index contributed by atoms with van der Waals surface area (Å²) in [6.07, 6.45) is 122. The maximum absolute atomic E-state index is 12.4. The highest BCUT2D eigenvalue weighted by Crippen LogP contribution is 2.15. The molecule has 1 atom stereocenters. The van der Waals surface area contributed by atoms with Gasteiger partial charge in [0.25, 0.3) is 0 Å². The van der Waals surface area contributed by atoms with Crippen molar-refractivity contribution in [2.24, 2.45) is 0 Å². The molecule has 5 nitrogen and oxygen atoms in total. The van der Waals surface area contributed by atoms with Crippen LogP contribution in [-0.4, -0.2) is 36.4 Å². The molecule has 490 valence electrons. The van der Waals surface area contributed by atoms with Crippen molar-refractivity contribution in [3.05, 3.63) is 219 Å². The van der Waals surface area contributed by atoms with Gasteiger partial charge in [0.2, 0.25) is 0 Å². The first-order valence-electron chi connectivity index (χ1n) is 35.3. The van der Waals surface area contributed by atoms with E-state index >= 15 is 0 Å². The molecular weight excluding hydrogens is 1080 g/mol. The van der Waals surface area contributed by atoms with Gasteiger partial charge in [-0.05, 0) is 154 Å². The standard InChI is InChI=1S/C83H128O5/c1-3-5-7-9-11-13-15-17-19-21-23-25-27-29-31-33-35-37-39-40-41-42-44-46-48-50-52-54-56-58-60-62-64-66-68-70-72-74-76-78-83(86)88-81(79-84)80-87-82(85)77-75-73-71-69-67-65-63-61-59-57-55-53-51-49-47-45-43-38-36-34-32-30-28-26-24-22-20-18-16-14-12-10-8-6-4-2/h5-8,11-14,17-20,23-26,29-32,35-38,40-41,44-47,50-53,57,59,81,84H,3-4,9-10,15-16,21-22,27-28,33-34,39,42-43,48-49,54-56,58,60-80H2,1-2H3/b7-5-,8-6-,13-11-,14-12-,19-17-,20-18-,25-23-,26-24-,31-29-,32-30-,37-35-,38-36-,41-40-,46-44-,47-45-,52-50-,53-51-,59-57-. The number of aliphatic hydroxyl groups excluding tert-OH is 1. The quantitative estimate of drug-likeness (QED) is 0.0373. The molecule has 0 aromatic heterocycles. The molecule has 0 aromatic rings. The Balaban J connectivity index is 3.61. The van der Waals surface area contributed by atoms with Crippen molar-refractivity contribution < 1.29 is 24.2 Å². The van der Waals surface area contributed by atoms with Gasteiger partial charge in [-0.25, -0.2) is 0 Å². The molecule has 0 radical (unpaired) electrons. The van der Waals surface area contributed by atoms with Crippen molar-refractivity contribution in [3.8, 4) is 0 Å². The topological polar surface area (TPSA) is 72.8 Å². The number of ether oxygens (including phenoxy) is 2. The molecule has 0 aliphatic carbocycles. The Morgan fingerprint density at radius 3 is 0.682 bits per heavy atom. The number of allylic oxidation sites excluding steroid dienone is 36. The number of rotatable bonds is 62. The van der Waals surface area contributed by atoms with Gasteiger partial charge in [-0.15, -0.1) is 0 Å². The van der Waals surface area contributed by atoms with Crippen LogP contribution in [0.25, 0.3) is 0 Å². The number of esters is 2. The highest BCUT2D eigenvalue weighted by Gasteiger charge is 2.16. The zero-order chi connectivity index (χ0) is 63.3. The van der Waals surface area contributed by atoms with Gasteiger partial charge in [-0.1, -0.05) is 322 Å². The molecule has 5 heteroatoms. The van der Waals surface area contributed by atoms with Crippen LogP contribution in [0.15, 0.2) is 219 Å². The number of carbonyl (C=O) groups is 2. The second-order valence-electron chi connectivity index (χ2n) is 22.5. The summed E-state index contributed by atoms with van der Waals surface area (Å²) in [4.78, 5) is 24.7. The first-order chi connectivity index (χ1) is 43.6. The van der Waals surface area contributed by atoms with Crippen LogP contribution < -0.4 is 0 Å². The molecule has 0 saturated heterocycles. The van der Waals surface area contributed by atoms with Crippen LogP contribution in [-0.2, 0) is 19.1 Å². The summed E-state index contributed by atoms with van der Waals surface area (Å²) in [5.74, 6) is -0.619. The predicted molar refractivity (Wildman–Crippen MR) is 388 cm³/mol. The van der Waals surface area contributed by atoms with Crippen LogP contribution >= 0.6 is 0 Å². The van der Waals surface area contributed by atoms with Crippen molar-refractivity contribution in [1.82, 2.24) is 0 Å². The lowest BCUT2D eigenvalue weighted by Gasteiger charge is -2.15. The number of hydrogen-bond acceptors (Lipinski definition) is 5. The summed E-state index contributed by atoms with van der Waals surface area (Å²) >= 11 is 0. The summed E-state index contributed by atoms with van der Waals surface area (Å²) in [7, 11) is 0. The molecular formula is C83H128O5. The smallest absolute Gasteiger partial charge is 0.306 e. The molecule has 0 aliphatic heterocycles. The molecule has 1 unspecified atom stereocenters. The van der Waals surface area contributed by atoms with E-state index in [0.29, 0.717) is 12.8 Å². The molecule has 0 aromatic carbocycles. The number of unbranched alkanes of at least 4 members (excludes halogenated alkanes) is 18. The normalized spacial score (nSPS) is 13.6. The van der Waals surface area contributed by atoms with Gasteiger partial charge in [-0.3, -0.25) is 9.59 Å². The molecule has 88 heavy (non-hydrogen) atoms. The lowest BCUT2D eigenvalue weighted by molar-refractivity contribution is -0.161. The van der Waals surface area contributed by atoms with Crippen LogP contribution in [0.1, 0.15) is 271 Å². The molecule has 1 N–H and O–H groups in total. The molecule has 0 bridgehead atoms. The monoisotopic (exact) mass is 1200 g/mol. The van der Waals surface area contributed by atoms with Crippen LogP contribution in [0.5, 0.6) is 0 Å². The fourth-order valence-corrected chi connectivity index (χ4v) is 9.07. The average molecular weight is 1210 g/mol. The molecule has 0 aliphatic rings. The first-order valence-corrected chi connectivity index (χ1v) is 35.3. The van der Waals surface area contributed by atoms with E-state index in [-0.39, 0.29) is 25.2 Å². The predicted octanol–water partition coefficient (Wildman–Crippen LogP) is 25.1. The number of aliphatic hydroxyl groups is 1. The van der Waals surface area contributed by atoms with Gasteiger partial charge < -0.3 is 14.6 Å². The third-order valence-electron chi connectivity index (χ3n) is 14.3. The van der Waals surface area contributed by atoms with Crippen molar-refractivity contribution >= 4 is 11.9 Å². The Morgan fingerprint density at radius 1 is 0.261 bits per heavy atom. The average Bonchev–Trinajstić information content (AvgIpc) is 3.54. The fourth-order valence-electron chi connectivity index (χ4n) is 9.07. The van der Waals surface area contributed by atoms with E-state index in [1.165, 1.54) is 83.5 Å². The zero-order valence-corrected chi connectivity index (χ0v) is 56.1. The van der Waals surface area contributed by atoms with E-state index in [1.54, 1.807) is 0 Å². The van der Waals surface area contributed by atoms with E-state index in [4.69, 9.17) is 9.47 Å². The summed E-state index contributed by atoms with van der Waals surface area (Å²) < 4.78 is 10.7. The lowest BCUT2D eigenvalue weighted by atomic mass is 10.0. The van der Waals surface area contributed by atoms with E-state index in [9.17, 15) is 14.7 Å². The van der Waals surface area contributed by atoms with Crippen molar-refractivity contribution in [2.45, 2.75) is 277 Å². The molecule has 0 amide bonds. The Kier molecular flexibility index (Phi) is 70.5. The Bertz CT molecular complexity index is 2100. The Labute approximate surface area is 542 Å². The third kappa shape index (κ3) is 72.7. The second kappa shape index (κ2) is 75.5. The zero-order valence-electron chi connectivity index (χ0n) is 56.1. The van der Waals surface area contributed by atoms with E-state index in [1.807, 2.05) is 0 Å². The van der Waals surface area contributed by atoms with Crippen LogP contribution in [0, 0.1) is 0 Å². The van der Waals surface area contributed by atoms with E-state index in [2.05, 4.69) is 233 Å². The third-order valence-corrected chi connectivity index (χ3v) is 14.3. The number of hydrogen-bond donors (Lipinski definition) is 1. The minimum Gasteiger partial charge on any atom is -0.462 e. The van der Waals surface area contributed by atoms with Crippen LogP contribution in [0.3, 0.4) is 0 Å². The molecule has 0 spiro atoms. The molecule has 0 saturated carbocycles. The van der Waals surface area contributed by atoms with Gasteiger partial charge in [0, 0.05) is 12.8 Å². The minimum atomic E-state index is -0.797. The number of carbonyl (C=O) groups excluding carboxylic acids is 2. The van der Waals surface area contributed by atoms with Crippen molar-refractivity contribution in [1.29, 1.82) is 0 Å². The van der Waals surface area contributed by atoms with Gasteiger partial charge in [0.1, 0.15) is 6.61 Å². The molecule has 0 heterocycles.